The number of thioether (sulfide) groups is 1. The molecule has 0 unspecified atom stereocenters. The molecule has 1 saturated heterocycles. The number of hydrogen-bond donors (Lipinski definition) is 1. The molecule has 42 heavy (non-hydrogen) atoms. The molecule has 0 spiro atoms. The van der Waals surface area contributed by atoms with Gasteiger partial charge in [-0.2, -0.15) is 0 Å². The second-order valence-corrected chi connectivity index (χ2v) is 10.7. The average molecular weight is 589 g/mol. The number of allylic oxidation sites excluding steroid dienone is 1. The molecule has 218 valence electrons. The molecular formula is C32H32N2O7S. The molecule has 1 N–H and O–H groups in total. The van der Waals surface area contributed by atoms with Gasteiger partial charge in [-0.3, -0.25) is 9.69 Å². The van der Waals surface area contributed by atoms with Gasteiger partial charge in [0.15, 0.2) is 23.6 Å². The normalized spacial score (nSPS) is 19.0. The summed E-state index contributed by atoms with van der Waals surface area (Å²) in [6.45, 7) is 5.41. The molecule has 0 radical (unpaired) electrons. The first-order valence-electron chi connectivity index (χ1n) is 13.7. The van der Waals surface area contributed by atoms with Crippen LogP contribution >= 0.6 is 11.8 Å². The lowest BCUT2D eigenvalue weighted by atomic mass is 9.93. The van der Waals surface area contributed by atoms with Gasteiger partial charge in [0, 0.05) is 5.70 Å². The van der Waals surface area contributed by atoms with Gasteiger partial charge in [0.1, 0.15) is 0 Å². The minimum Gasteiger partial charge on any atom is -0.493 e. The third-order valence-electron chi connectivity index (χ3n) is 6.99. The quantitative estimate of drug-likeness (QED) is 0.268. The van der Waals surface area contributed by atoms with E-state index in [0.29, 0.717) is 33.2 Å². The molecule has 3 aromatic rings. The Bertz CT molecular complexity index is 1590. The summed E-state index contributed by atoms with van der Waals surface area (Å²) in [6.07, 6.45) is 1.90. The van der Waals surface area contributed by atoms with Crippen molar-refractivity contribution in [1.29, 1.82) is 0 Å². The van der Waals surface area contributed by atoms with Crippen LogP contribution in [-0.4, -0.2) is 55.2 Å². The Morgan fingerprint density at radius 3 is 2.52 bits per heavy atom. The van der Waals surface area contributed by atoms with Crippen molar-refractivity contribution in [3.63, 3.8) is 0 Å². The minimum absolute atomic E-state index is 0.185. The Kier molecular flexibility index (Phi) is 8.72. The zero-order valence-electron chi connectivity index (χ0n) is 23.8. The van der Waals surface area contributed by atoms with E-state index in [9.17, 15) is 14.4 Å². The lowest BCUT2D eigenvalue weighted by Gasteiger charge is -2.39. The maximum absolute atomic E-state index is 14.1. The van der Waals surface area contributed by atoms with Gasteiger partial charge in [-0.05, 0) is 60.9 Å². The molecule has 2 atom stereocenters. The maximum atomic E-state index is 14.1. The fraction of sp³-hybridized carbons (Fsp3) is 0.281. The summed E-state index contributed by atoms with van der Waals surface area (Å²) in [4.78, 5) is 41.4. The fourth-order valence-corrected chi connectivity index (χ4v) is 6.36. The van der Waals surface area contributed by atoms with E-state index < -0.39 is 23.5 Å². The topological polar surface area (TPSA) is 103 Å². The van der Waals surface area contributed by atoms with Gasteiger partial charge in [-0.25, -0.2) is 9.59 Å². The predicted molar refractivity (Wildman–Crippen MR) is 160 cm³/mol. The van der Waals surface area contributed by atoms with Crippen LogP contribution in [0, 0.1) is 0 Å². The Morgan fingerprint density at radius 1 is 1.00 bits per heavy atom. The molecule has 1 fully saturated rings. The SMILES string of the molecule is CCOC(=O)COc1ccc([C@H]2C(C(=O)OCC)=C(C)N[C@H]3S/C(=C\c4cccc5ccccc45)C(=O)N23)cc1OC. The van der Waals surface area contributed by atoms with Gasteiger partial charge in [-0.15, -0.1) is 0 Å². The van der Waals surface area contributed by atoms with Crippen LogP contribution in [0.2, 0.25) is 0 Å². The summed E-state index contributed by atoms with van der Waals surface area (Å²) in [7, 11) is 1.48. The highest BCUT2D eigenvalue weighted by molar-refractivity contribution is 8.05. The number of carbonyl (C=O) groups is 3. The average Bonchev–Trinajstić information content (AvgIpc) is 3.29. The fourth-order valence-electron chi connectivity index (χ4n) is 5.15. The van der Waals surface area contributed by atoms with E-state index in [-0.39, 0.29) is 25.7 Å². The molecule has 2 heterocycles. The Hall–Kier alpha value is -4.44. The Labute approximate surface area is 248 Å². The van der Waals surface area contributed by atoms with E-state index in [4.69, 9.17) is 18.9 Å². The number of carbonyl (C=O) groups excluding carboxylic acids is 3. The monoisotopic (exact) mass is 588 g/mol. The lowest BCUT2D eigenvalue weighted by molar-refractivity contribution is -0.145. The number of amides is 1. The summed E-state index contributed by atoms with van der Waals surface area (Å²) in [5.41, 5.74) is 2.06. The van der Waals surface area contributed by atoms with Crippen molar-refractivity contribution < 1.29 is 33.3 Å². The molecule has 10 heteroatoms. The van der Waals surface area contributed by atoms with Crippen LogP contribution in [0.25, 0.3) is 16.8 Å². The zero-order valence-corrected chi connectivity index (χ0v) is 24.7. The molecule has 0 bridgehead atoms. The molecule has 2 aliphatic rings. The minimum atomic E-state index is -0.762. The molecule has 3 aromatic carbocycles. The first-order chi connectivity index (χ1) is 20.4. The summed E-state index contributed by atoms with van der Waals surface area (Å²) < 4.78 is 21.6. The molecule has 1 amide bonds. The summed E-state index contributed by atoms with van der Waals surface area (Å²) in [6, 6.07) is 18.4. The molecule has 5 rings (SSSR count). The number of rotatable bonds is 9. The third-order valence-corrected chi connectivity index (χ3v) is 8.11. The summed E-state index contributed by atoms with van der Waals surface area (Å²) >= 11 is 1.40. The third kappa shape index (κ3) is 5.67. The standard InChI is InChI=1S/C32H32N2O7S/c1-5-39-27(35)18-41-24-15-14-22(16-25(24)38-4)29-28(31(37)40-6-2)19(3)33-32-34(29)30(36)26(42-32)17-21-12-9-11-20-10-7-8-13-23(20)21/h7-17,29,32-33H,5-6,18H2,1-4H3/b26-17-/t29-,32+/m0/s1. The number of ether oxygens (including phenoxy) is 4. The van der Waals surface area contributed by atoms with Gasteiger partial charge in [-0.1, -0.05) is 60.3 Å². The van der Waals surface area contributed by atoms with E-state index in [1.807, 2.05) is 55.5 Å². The summed E-state index contributed by atoms with van der Waals surface area (Å²) in [5, 5.41) is 5.45. The van der Waals surface area contributed by atoms with Crippen LogP contribution in [0.3, 0.4) is 0 Å². The van der Waals surface area contributed by atoms with Gasteiger partial charge < -0.3 is 24.3 Å². The summed E-state index contributed by atoms with van der Waals surface area (Å²) in [5.74, 6) is -0.559. The van der Waals surface area contributed by atoms with E-state index in [1.54, 1.807) is 36.9 Å². The molecule has 0 aliphatic carbocycles. The number of nitrogens with one attached hydrogen (secondary N) is 1. The Morgan fingerprint density at radius 2 is 1.76 bits per heavy atom. The van der Waals surface area contributed by atoms with Crippen molar-refractivity contribution in [2.45, 2.75) is 32.3 Å². The number of nitrogens with zero attached hydrogens (tertiary/aromatic N) is 1. The molecular weight excluding hydrogens is 556 g/mol. The van der Waals surface area contributed by atoms with Crippen molar-refractivity contribution in [3.05, 3.63) is 88.0 Å². The first kappa shape index (κ1) is 29.1. The highest BCUT2D eigenvalue weighted by Crippen LogP contribution is 2.47. The molecule has 0 saturated carbocycles. The molecule has 0 aromatic heterocycles. The second kappa shape index (κ2) is 12.6. The van der Waals surface area contributed by atoms with Gasteiger partial charge >= 0.3 is 11.9 Å². The maximum Gasteiger partial charge on any atom is 0.344 e. The first-order valence-corrected chi connectivity index (χ1v) is 14.5. The number of fused-ring (bicyclic) bond motifs is 2. The van der Waals surface area contributed by atoms with Crippen molar-refractivity contribution >= 4 is 46.5 Å². The number of hydrogen-bond acceptors (Lipinski definition) is 9. The van der Waals surface area contributed by atoms with E-state index >= 15 is 0 Å². The highest BCUT2D eigenvalue weighted by Gasteiger charge is 2.48. The van der Waals surface area contributed by atoms with Crippen LogP contribution in [0.1, 0.15) is 37.9 Å². The van der Waals surface area contributed by atoms with Crippen molar-refractivity contribution in [3.8, 4) is 11.5 Å². The van der Waals surface area contributed by atoms with Crippen molar-refractivity contribution in [2.24, 2.45) is 0 Å². The van der Waals surface area contributed by atoms with Gasteiger partial charge in [0.25, 0.3) is 5.91 Å². The van der Waals surface area contributed by atoms with Crippen LogP contribution in [0.4, 0.5) is 0 Å². The van der Waals surface area contributed by atoms with Crippen LogP contribution in [-0.2, 0) is 23.9 Å². The number of esters is 2. The Balaban J connectivity index is 1.54. The number of benzene rings is 3. The van der Waals surface area contributed by atoms with Crippen LogP contribution in [0.5, 0.6) is 11.5 Å². The zero-order chi connectivity index (χ0) is 29.8. The van der Waals surface area contributed by atoms with Crippen molar-refractivity contribution in [2.75, 3.05) is 26.9 Å². The smallest absolute Gasteiger partial charge is 0.344 e. The largest absolute Gasteiger partial charge is 0.493 e. The number of methoxy groups -OCH3 is 1. The molecule has 2 aliphatic heterocycles. The van der Waals surface area contributed by atoms with E-state index in [2.05, 4.69) is 5.32 Å². The lowest BCUT2D eigenvalue weighted by Crippen LogP contribution is -2.50. The van der Waals surface area contributed by atoms with E-state index in [0.717, 1.165) is 16.3 Å². The van der Waals surface area contributed by atoms with Crippen LogP contribution < -0.4 is 14.8 Å². The highest BCUT2D eigenvalue weighted by atomic mass is 32.2. The van der Waals surface area contributed by atoms with E-state index in [1.165, 1.54) is 18.9 Å². The van der Waals surface area contributed by atoms with Gasteiger partial charge in [0.2, 0.25) is 0 Å². The van der Waals surface area contributed by atoms with Crippen molar-refractivity contribution in [1.82, 2.24) is 10.2 Å². The van der Waals surface area contributed by atoms with Crippen LogP contribution in [0.15, 0.2) is 76.8 Å². The van der Waals surface area contributed by atoms with Gasteiger partial charge in [0.05, 0.1) is 36.8 Å². The second-order valence-electron chi connectivity index (χ2n) is 9.57. The molecule has 9 nitrogen and oxygen atoms in total. The predicted octanol–water partition coefficient (Wildman–Crippen LogP) is 5.17.